The average Bonchev–Trinajstić information content (AvgIpc) is 2.65. The van der Waals surface area contributed by atoms with Gasteiger partial charge in [-0.3, -0.25) is 4.98 Å². The van der Waals surface area contributed by atoms with Crippen LogP contribution in [0, 0.1) is 25.7 Å². The van der Waals surface area contributed by atoms with E-state index >= 15 is 0 Å². The molecule has 1 unspecified atom stereocenters. The molecule has 3 rings (SSSR count). The largest absolute Gasteiger partial charge is 0.384 e. The summed E-state index contributed by atoms with van der Waals surface area (Å²) in [6, 6.07) is 6.68. The van der Waals surface area contributed by atoms with Crippen molar-refractivity contribution < 1.29 is 4.74 Å². The van der Waals surface area contributed by atoms with E-state index in [0.29, 0.717) is 17.8 Å². The van der Waals surface area contributed by atoms with Crippen LogP contribution in [0.5, 0.6) is 0 Å². The number of rotatable bonds is 6. The first-order valence-electron chi connectivity index (χ1n) is 10.5. The monoisotopic (exact) mass is 378 g/mol. The van der Waals surface area contributed by atoms with Crippen molar-refractivity contribution in [2.24, 2.45) is 11.8 Å². The van der Waals surface area contributed by atoms with Crippen LogP contribution in [0.25, 0.3) is 16.8 Å². The van der Waals surface area contributed by atoms with Crippen molar-refractivity contribution in [3.63, 3.8) is 0 Å². The van der Waals surface area contributed by atoms with Crippen molar-refractivity contribution in [1.29, 1.82) is 0 Å². The van der Waals surface area contributed by atoms with Gasteiger partial charge in [-0.15, -0.1) is 0 Å². The van der Waals surface area contributed by atoms with Crippen molar-refractivity contribution in [3.05, 3.63) is 52.5 Å². The Labute approximate surface area is 170 Å². The molecule has 0 N–H and O–H groups in total. The minimum atomic E-state index is 0.436. The lowest BCUT2D eigenvalue weighted by Gasteiger charge is -2.29. The van der Waals surface area contributed by atoms with Crippen LogP contribution in [0.15, 0.2) is 24.3 Å². The lowest BCUT2D eigenvalue weighted by Crippen LogP contribution is -2.23. The molecule has 1 aliphatic rings. The molecule has 0 aliphatic heterocycles. The Bertz CT molecular complexity index is 882. The smallest absolute Gasteiger partial charge is 0.0756 e. The Hall–Kier alpha value is -2.00. The molecule has 0 saturated carbocycles. The normalized spacial score (nSPS) is 17.4. The molecule has 150 valence electrons. The molecule has 1 aliphatic carbocycles. The Kier molecular flexibility index (Phi) is 6.34. The van der Waals surface area contributed by atoms with Crippen LogP contribution < -0.4 is 0 Å². The number of fused-ring (bicyclic) bond motifs is 1. The fraction of sp³-hybridized carbons (Fsp3) is 0.520. The van der Waals surface area contributed by atoms with Gasteiger partial charge in [0.1, 0.15) is 0 Å². The number of nitrogens with zero attached hydrogens (tertiary/aromatic N) is 2. The van der Waals surface area contributed by atoms with E-state index in [-0.39, 0.29) is 0 Å². The third kappa shape index (κ3) is 4.05. The number of allylic oxidation sites excluding steroid dienone is 2. The highest BCUT2D eigenvalue weighted by molar-refractivity contribution is 5.72. The first-order chi connectivity index (χ1) is 13.3. The summed E-state index contributed by atoms with van der Waals surface area (Å²) >= 11 is 0. The minimum absolute atomic E-state index is 0.436. The van der Waals surface area contributed by atoms with Crippen molar-refractivity contribution >= 4 is 5.57 Å². The van der Waals surface area contributed by atoms with Crippen molar-refractivity contribution in [2.75, 3.05) is 13.7 Å². The summed E-state index contributed by atoms with van der Waals surface area (Å²) in [5, 5.41) is 0. The molecular formula is C25H34N2O. The summed E-state index contributed by atoms with van der Waals surface area (Å²) in [6.07, 6.45) is 4.59. The fourth-order valence-electron chi connectivity index (χ4n) is 4.37. The molecule has 0 radical (unpaired) electrons. The lowest BCUT2D eigenvalue weighted by atomic mass is 9.79. The second kappa shape index (κ2) is 8.57. The van der Waals surface area contributed by atoms with Crippen LogP contribution in [0.1, 0.15) is 68.2 Å². The topological polar surface area (TPSA) is 35.0 Å². The molecule has 0 bridgehead atoms. The molecule has 0 fully saturated rings. The van der Waals surface area contributed by atoms with E-state index in [1.807, 2.05) is 0 Å². The lowest BCUT2D eigenvalue weighted by molar-refractivity contribution is 0.129. The van der Waals surface area contributed by atoms with E-state index in [1.54, 1.807) is 7.11 Å². The van der Waals surface area contributed by atoms with Crippen molar-refractivity contribution in [3.8, 4) is 11.3 Å². The molecule has 0 amide bonds. The van der Waals surface area contributed by atoms with Crippen molar-refractivity contribution in [2.45, 2.75) is 60.3 Å². The summed E-state index contributed by atoms with van der Waals surface area (Å²) in [4.78, 5) is 9.95. The summed E-state index contributed by atoms with van der Waals surface area (Å²) in [7, 11) is 1.80. The fourth-order valence-corrected chi connectivity index (χ4v) is 4.37. The first-order valence-corrected chi connectivity index (χ1v) is 10.5. The van der Waals surface area contributed by atoms with E-state index < -0.39 is 0 Å². The van der Waals surface area contributed by atoms with Crippen LogP contribution in [0.4, 0.5) is 0 Å². The van der Waals surface area contributed by atoms with Gasteiger partial charge in [-0.2, -0.15) is 0 Å². The highest BCUT2D eigenvalue weighted by Gasteiger charge is 2.26. The van der Waals surface area contributed by atoms with Crippen LogP contribution >= 0.6 is 0 Å². The molecule has 2 aromatic rings. The van der Waals surface area contributed by atoms with E-state index in [1.165, 1.54) is 16.7 Å². The second-order valence-corrected chi connectivity index (χ2v) is 8.53. The predicted octanol–water partition coefficient (Wildman–Crippen LogP) is 6.13. The van der Waals surface area contributed by atoms with Gasteiger partial charge < -0.3 is 4.74 Å². The number of ether oxygens (including phenoxy) is 1. The molecule has 0 aromatic carbocycles. The molecule has 2 heterocycles. The number of hydrogen-bond donors (Lipinski definition) is 0. The van der Waals surface area contributed by atoms with Gasteiger partial charge >= 0.3 is 0 Å². The maximum atomic E-state index is 5.46. The maximum Gasteiger partial charge on any atom is 0.0756 e. The van der Waals surface area contributed by atoms with Crippen molar-refractivity contribution in [1.82, 2.24) is 9.97 Å². The Morgan fingerprint density at radius 2 is 1.86 bits per heavy atom. The highest BCUT2D eigenvalue weighted by atomic mass is 16.5. The van der Waals surface area contributed by atoms with Gasteiger partial charge in [0, 0.05) is 30.7 Å². The van der Waals surface area contributed by atoms with Gasteiger partial charge in [0.05, 0.1) is 11.4 Å². The molecule has 28 heavy (non-hydrogen) atoms. The molecule has 2 aromatic heterocycles. The van der Waals surface area contributed by atoms with Crippen LogP contribution in [-0.4, -0.2) is 23.7 Å². The third-order valence-corrected chi connectivity index (χ3v) is 6.05. The number of hydrogen-bond acceptors (Lipinski definition) is 3. The zero-order valence-electron chi connectivity index (χ0n) is 18.5. The Balaban J connectivity index is 2.00. The Morgan fingerprint density at radius 3 is 2.46 bits per heavy atom. The zero-order valence-corrected chi connectivity index (χ0v) is 18.5. The van der Waals surface area contributed by atoms with E-state index in [2.05, 4.69) is 65.8 Å². The van der Waals surface area contributed by atoms with E-state index in [4.69, 9.17) is 14.7 Å². The van der Waals surface area contributed by atoms with E-state index in [9.17, 15) is 0 Å². The number of pyridine rings is 2. The first kappa shape index (κ1) is 20.7. The molecule has 3 nitrogen and oxygen atoms in total. The molecule has 2 atom stereocenters. The van der Waals surface area contributed by atoms with Gasteiger partial charge in [0.25, 0.3) is 0 Å². The quantitative estimate of drug-likeness (QED) is 0.606. The molecule has 0 saturated heterocycles. The van der Waals surface area contributed by atoms with Crippen LogP contribution in [-0.2, 0) is 11.2 Å². The highest BCUT2D eigenvalue weighted by Crippen LogP contribution is 2.36. The minimum Gasteiger partial charge on any atom is -0.384 e. The SMILES string of the molecule is CC[C@H](COC)C1C=C(C)c2nc(-c3ccc(C(C)C)nc3C)c(C)cc2C1. The second-order valence-electron chi connectivity index (χ2n) is 8.53. The average molecular weight is 379 g/mol. The van der Waals surface area contributed by atoms with Crippen LogP contribution in [0.2, 0.25) is 0 Å². The summed E-state index contributed by atoms with van der Waals surface area (Å²) in [6.45, 7) is 13.9. The Morgan fingerprint density at radius 1 is 1.11 bits per heavy atom. The van der Waals surface area contributed by atoms with Gasteiger partial charge in [0.15, 0.2) is 0 Å². The summed E-state index contributed by atoms with van der Waals surface area (Å²) in [5.41, 5.74) is 9.43. The summed E-state index contributed by atoms with van der Waals surface area (Å²) in [5.74, 6) is 1.52. The number of methoxy groups -OCH3 is 1. The molecule has 0 spiro atoms. The maximum absolute atomic E-state index is 5.46. The van der Waals surface area contributed by atoms with E-state index in [0.717, 1.165) is 47.8 Å². The van der Waals surface area contributed by atoms with Crippen LogP contribution in [0.3, 0.4) is 0 Å². The standard InChI is InChI=1S/C25H34N2O/c1-8-19(14-28-7)20-11-16(4)24-21(13-20)12-17(5)25(27-24)22-9-10-23(15(2)3)26-18(22)6/h9-12,15,19-20H,8,13-14H2,1-7H3/t19-,20?/m1/s1. The third-order valence-electron chi connectivity index (χ3n) is 6.05. The number of aryl methyl sites for hydroxylation is 2. The van der Waals surface area contributed by atoms with Gasteiger partial charge in [-0.1, -0.05) is 39.3 Å². The van der Waals surface area contributed by atoms with Gasteiger partial charge in [-0.25, -0.2) is 4.98 Å². The van der Waals surface area contributed by atoms with Gasteiger partial charge in [0.2, 0.25) is 0 Å². The predicted molar refractivity (Wildman–Crippen MR) is 118 cm³/mol. The van der Waals surface area contributed by atoms with Gasteiger partial charge in [-0.05, 0) is 73.8 Å². The molecular weight excluding hydrogens is 344 g/mol. The number of aromatic nitrogens is 2. The summed E-state index contributed by atoms with van der Waals surface area (Å²) < 4.78 is 5.46. The molecule has 3 heteroatoms. The zero-order chi connectivity index (χ0) is 20.4.